The molecule has 8 N–H and O–H groups in total. The van der Waals surface area contributed by atoms with Gasteiger partial charge in [-0.25, -0.2) is 29.7 Å². The highest BCUT2D eigenvalue weighted by atomic mass is 35.5. The molecule has 656 valence electrons. The minimum absolute atomic E-state index is 0.0246. The zero-order chi connectivity index (χ0) is 88.1. The van der Waals surface area contributed by atoms with Crippen molar-refractivity contribution in [2.24, 2.45) is 16.8 Å². The lowest BCUT2D eigenvalue weighted by atomic mass is 9.87. The van der Waals surface area contributed by atoms with Gasteiger partial charge in [-0.3, -0.25) is 74.5 Å². The number of halogens is 3. The number of amides is 2. The highest BCUT2D eigenvalue weighted by Gasteiger charge is 2.28. The number of aliphatic hydroxyl groups is 1. The summed E-state index contributed by atoms with van der Waals surface area (Å²) < 4.78 is 5.66. The maximum Gasteiger partial charge on any atom is 0.341 e. The number of piperidine rings is 1. The summed E-state index contributed by atoms with van der Waals surface area (Å²) in [6, 6.07) is 13.1. The van der Waals surface area contributed by atoms with E-state index in [1.54, 1.807) is 73.8 Å². The van der Waals surface area contributed by atoms with E-state index in [-0.39, 0.29) is 30.2 Å². The number of piperazine rings is 1. The fourth-order valence-corrected chi connectivity index (χ4v) is 16.9. The first-order valence-electron chi connectivity index (χ1n) is 43.9. The molecule has 2 aliphatic carbocycles. The lowest BCUT2D eigenvalue weighted by Gasteiger charge is -2.27. The number of rotatable bonds is 26. The van der Waals surface area contributed by atoms with Crippen molar-refractivity contribution in [3.05, 3.63) is 168 Å². The Kier molecular flexibility index (Phi) is 29.5. The van der Waals surface area contributed by atoms with Gasteiger partial charge in [0.05, 0.1) is 95.5 Å². The molecule has 3 aliphatic heterocycles. The number of Topliss-reactive ketones (excluding diaryl/α,β-unsaturated/α-hetero) is 1. The number of aryl methyl sites for hydroxylation is 5. The molecule has 2 saturated carbocycles. The summed E-state index contributed by atoms with van der Waals surface area (Å²) >= 11 is 19.2. The number of hydrogen-bond acceptors (Lipinski definition) is 27. The average Bonchev–Trinajstić information content (AvgIpc) is 1.11. The lowest BCUT2D eigenvalue weighted by molar-refractivity contribution is 0.0172. The Morgan fingerprint density at radius 3 is 1.69 bits per heavy atom. The number of ether oxygens (including phenoxy) is 1. The van der Waals surface area contributed by atoms with Crippen LogP contribution in [0.4, 0.5) is 28.4 Å². The number of ketones is 1. The molecular weight excluding hydrogens is 1650 g/mol. The van der Waals surface area contributed by atoms with Gasteiger partial charge >= 0.3 is 5.97 Å². The van der Waals surface area contributed by atoms with E-state index in [1.165, 1.54) is 56.9 Å². The van der Waals surface area contributed by atoms with Gasteiger partial charge < -0.3 is 41.7 Å². The Hall–Kier alpha value is -11.3. The summed E-state index contributed by atoms with van der Waals surface area (Å²) in [5, 5.41) is 33.3. The number of aromatic nitrogens is 12. The molecule has 18 rings (SSSR count). The van der Waals surface area contributed by atoms with Crippen molar-refractivity contribution in [2.75, 3.05) is 114 Å². The van der Waals surface area contributed by atoms with Gasteiger partial charge in [-0.2, -0.15) is 0 Å². The van der Waals surface area contributed by atoms with Gasteiger partial charge in [0.15, 0.2) is 5.78 Å². The molecule has 0 radical (unpaired) electrons. The van der Waals surface area contributed by atoms with Crippen LogP contribution in [0, 0.1) is 39.5 Å². The standard InChI is InChI=1S/C26H25ClN6O.C24H28ClN5O2.C24H31N5O2.C20H24ClN7O/c1-15-12-29-26-24(22(15)27)32-20-11-18(13-30-23(20)25(26)31-14-33(2)3)21(34)7-5-16-4-6-17-8-9-28-19(17)10-16;1-15-18(25)13-28-21-19(15)29-20-17(24(31)32-14-30-11-3-2-4-12-30)8-10-27-22(20)23(21)26-9-7-16-5-6-16;1-3-25-24(31)18-10-12-27-22-20(18)29-19-15(2)17(14-30)13-28-21(19)23(22)26-11-9-16-7-5-4-6-8-16;1-3-5-23-19-17-15(12(2)14(21)11-25-17)26-16-13(4-6-24-18(16)19)20(29)27-28-9-7-22-8-10-28/h4,6,9-13H,5,7-8,14H2,1-3H3,(H,31,32);8,10,13,16H,2-7,9,11-12,14H2,1H3,(H,26,29);10,12-13,16,30H,3-9,11,14H2,1-2H3,(H,25,31)(H,26,29);4,6,11,22H,3,5,7-10H2,1-2H3,(H,23,26)(H,27,29). The van der Waals surface area contributed by atoms with Crippen LogP contribution in [-0.4, -0.2) is 202 Å². The average molecular weight is 1760 g/mol. The van der Waals surface area contributed by atoms with E-state index in [0.717, 1.165) is 182 Å². The highest BCUT2D eigenvalue weighted by Crippen LogP contribution is 2.40. The van der Waals surface area contributed by atoms with Gasteiger partial charge in [0.1, 0.15) is 72.9 Å². The number of carbonyl (C=O) groups is 4. The second-order valence-corrected chi connectivity index (χ2v) is 34.4. The van der Waals surface area contributed by atoms with Crippen molar-refractivity contribution in [1.29, 1.82) is 0 Å². The van der Waals surface area contributed by atoms with E-state index in [2.05, 4.69) is 112 Å². The van der Waals surface area contributed by atoms with E-state index in [1.807, 2.05) is 64.8 Å². The zero-order valence-corrected chi connectivity index (χ0v) is 74.9. The summed E-state index contributed by atoms with van der Waals surface area (Å²) in [7, 11) is 3.95. The molecule has 126 heavy (non-hydrogen) atoms. The summed E-state index contributed by atoms with van der Waals surface area (Å²) in [6.07, 6.45) is 33.0. The van der Waals surface area contributed by atoms with Crippen LogP contribution in [-0.2, 0) is 24.2 Å². The van der Waals surface area contributed by atoms with Crippen molar-refractivity contribution in [3.63, 3.8) is 0 Å². The second kappa shape index (κ2) is 41.4. The molecule has 0 unspecified atom stereocenters. The Bertz CT molecular complexity index is 6280. The fourth-order valence-electron chi connectivity index (χ4n) is 16.4. The fraction of sp³-hybridized carbons (Fsp3) is 0.415. The first-order chi connectivity index (χ1) is 61.2. The third-order valence-electron chi connectivity index (χ3n) is 23.8. The molecule has 4 fully saturated rings. The Morgan fingerprint density at radius 2 is 1.09 bits per heavy atom. The maximum absolute atomic E-state index is 13.0. The van der Waals surface area contributed by atoms with Crippen LogP contribution in [0.1, 0.15) is 184 Å². The van der Waals surface area contributed by atoms with E-state index >= 15 is 0 Å². The van der Waals surface area contributed by atoms with Crippen LogP contribution in [0.15, 0.2) is 97.0 Å². The number of fused-ring (bicyclic) bond motifs is 9. The quantitative estimate of drug-likeness (QED) is 0.0108. The van der Waals surface area contributed by atoms with E-state index in [4.69, 9.17) is 59.5 Å². The number of anilines is 4. The van der Waals surface area contributed by atoms with Gasteiger partial charge in [0.2, 0.25) is 0 Å². The third-order valence-corrected chi connectivity index (χ3v) is 25.1. The Morgan fingerprint density at radius 1 is 0.548 bits per heavy atom. The second-order valence-electron chi connectivity index (χ2n) is 33.2. The van der Waals surface area contributed by atoms with Crippen LogP contribution in [0.3, 0.4) is 0 Å². The number of benzene rings is 1. The number of nitrogens with zero attached hydrogens (tertiary/aromatic N) is 16. The van der Waals surface area contributed by atoms with Gasteiger partial charge in [-0.05, 0) is 163 Å². The van der Waals surface area contributed by atoms with Gasteiger partial charge in [-0.1, -0.05) is 105 Å². The molecule has 12 aromatic heterocycles. The molecule has 32 heteroatoms. The Labute approximate surface area is 746 Å². The molecule has 0 spiro atoms. The van der Waals surface area contributed by atoms with Crippen molar-refractivity contribution < 1.29 is 29.0 Å². The SMILES string of the molecule is CCCNc1c2nccc(C(=O)NN3CCNCC3)c2nc2c(C)c(Cl)cnc12.CCNC(=O)c1ccnc2c(NCCC3CCCCC3)c3ncc(CO)c(C)c3nc12.Cc1c(Cl)cnc2c(NCCC3CC3)c3nccc(C(=O)OCN4CCCCC4)c3nc12.Cc1cnc2c(NCN(C)C)c3ncc(C(=O)CCc4ccc5c(c4)N=CC5)cc3nc2c1Cl. The first kappa shape index (κ1) is 89.5. The van der Waals surface area contributed by atoms with Crippen molar-refractivity contribution in [1.82, 2.24) is 90.7 Å². The predicted octanol–water partition coefficient (Wildman–Crippen LogP) is 16.7. The summed E-state index contributed by atoms with van der Waals surface area (Å²) in [4.78, 5) is 116. The zero-order valence-electron chi connectivity index (χ0n) is 72.7. The number of carbonyl (C=O) groups excluding carboxylic acids is 4. The number of esters is 1. The van der Waals surface area contributed by atoms with Crippen molar-refractivity contribution in [3.8, 4) is 0 Å². The van der Waals surface area contributed by atoms with E-state index in [0.29, 0.717) is 147 Å². The molecule has 2 amide bonds. The van der Waals surface area contributed by atoms with Gasteiger partial charge in [0.25, 0.3) is 11.8 Å². The van der Waals surface area contributed by atoms with Crippen LogP contribution in [0.2, 0.25) is 15.1 Å². The summed E-state index contributed by atoms with van der Waals surface area (Å²) in [5.74, 6) is 0.844. The molecule has 0 bridgehead atoms. The highest BCUT2D eigenvalue weighted by molar-refractivity contribution is 6.36. The number of aliphatic hydroxyl groups excluding tert-OH is 1. The molecular formula is C94H108Cl3N23O6. The minimum atomic E-state index is -0.383. The predicted molar refractivity (Wildman–Crippen MR) is 502 cm³/mol. The lowest BCUT2D eigenvalue weighted by Crippen LogP contribution is -2.52. The number of aliphatic imine (C=N–C) groups is 1. The van der Waals surface area contributed by atoms with Crippen LogP contribution >= 0.6 is 34.8 Å². The monoisotopic (exact) mass is 1760 g/mol. The molecule has 15 heterocycles. The largest absolute Gasteiger partial charge is 0.446 e. The maximum atomic E-state index is 13.0. The normalized spacial score (nSPS) is 14.8. The number of likely N-dealkylation sites (tertiary alicyclic amines) is 1. The molecule has 0 atom stereocenters. The summed E-state index contributed by atoms with van der Waals surface area (Å²) in [6.45, 7) is 20.5. The molecule has 29 nitrogen and oxygen atoms in total. The summed E-state index contributed by atoms with van der Waals surface area (Å²) in [5.41, 5.74) is 25.8. The minimum Gasteiger partial charge on any atom is -0.446 e. The van der Waals surface area contributed by atoms with Gasteiger partial charge in [0, 0.05) is 145 Å². The smallest absolute Gasteiger partial charge is 0.341 e. The first-order valence-corrected chi connectivity index (χ1v) is 45.0. The molecule has 13 aromatic rings. The third kappa shape index (κ3) is 20.5. The van der Waals surface area contributed by atoms with Crippen LogP contribution in [0.5, 0.6) is 0 Å². The van der Waals surface area contributed by atoms with Crippen molar-refractivity contribution >= 4 is 181 Å². The van der Waals surface area contributed by atoms with E-state index < -0.39 is 0 Å². The topological polar surface area (TPSA) is 359 Å². The van der Waals surface area contributed by atoms with Gasteiger partial charge in [-0.15, -0.1) is 0 Å². The van der Waals surface area contributed by atoms with Crippen molar-refractivity contribution in [2.45, 2.75) is 151 Å². The van der Waals surface area contributed by atoms with E-state index in [9.17, 15) is 24.3 Å². The molecule has 1 aromatic carbocycles. The number of hydrogen-bond donors (Lipinski definition) is 8. The molecule has 2 saturated heterocycles. The number of nitrogens with one attached hydrogen (secondary N) is 7. The number of pyridine rings is 12. The molecule has 5 aliphatic rings. The Balaban J connectivity index is 0.000000130. The van der Waals surface area contributed by atoms with Crippen LogP contribution in [0.25, 0.3) is 88.3 Å². The number of hydrazine groups is 1. The van der Waals surface area contributed by atoms with Crippen LogP contribution < -0.4 is 37.3 Å².